The predicted molar refractivity (Wildman–Crippen MR) is 70.9 cm³/mol. The minimum Gasteiger partial charge on any atom is -0.453 e. The summed E-state index contributed by atoms with van der Waals surface area (Å²) in [5.41, 5.74) is 0. The first-order valence-corrected chi connectivity index (χ1v) is 7.69. The number of aryl methyl sites for hydroxylation is 1. The molecule has 1 fully saturated rings. The lowest BCUT2D eigenvalue weighted by molar-refractivity contribution is 0.167. The third kappa shape index (κ3) is 2.74. The van der Waals surface area contributed by atoms with E-state index in [4.69, 9.17) is 11.6 Å². The monoisotopic (exact) mass is 322 g/mol. The van der Waals surface area contributed by atoms with Crippen LogP contribution < -0.4 is 5.32 Å². The second-order valence-electron chi connectivity index (χ2n) is 4.44. The molecule has 1 saturated heterocycles. The van der Waals surface area contributed by atoms with Gasteiger partial charge in [0, 0.05) is 26.2 Å². The lowest BCUT2D eigenvalue weighted by Crippen LogP contribution is -2.38. The highest BCUT2D eigenvalue weighted by molar-refractivity contribution is 7.89. The topological polar surface area (TPSA) is 93.5 Å². The number of halogens is 1. The fraction of sp³-hybridized carbons (Fsp3) is 0.600. The minimum absolute atomic E-state index is 0.0642. The Balaban J connectivity index is 2.13. The Morgan fingerprint density at radius 3 is 2.85 bits per heavy atom. The van der Waals surface area contributed by atoms with Crippen molar-refractivity contribution >= 4 is 27.7 Å². The van der Waals surface area contributed by atoms with Crippen LogP contribution in [0.2, 0.25) is 5.15 Å². The minimum atomic E-state index is -3.75. The molecular weight excluding hydrogens is 308 g/mol. The number of carbonyl (C=O) groups excluding carboxylic acids is 1. The molecule has 10 heteroatoms. The SMILES string of the molecule is COC(=O)NC1CCN(S(=O)(=O)c2ncn(C)c2Cl)C1. The Hall–Kier alpha value is -1.32. The summed E-state index contributed by atoms with van der Waals surface area (Å²) in [6.45, 7) is 0.467. The zero-order chi connectivity index (χ0) is 14.9. The number of methoxy groups -OCH3 is 1. The largest absolute Gasteiger partial charge is 0.453 e. The van der Waals surface area contributed by atoms with Crippen LogP contribution in [0.4, 0.5) is 4.79 Å². The molecule has 0 spiro atoms. The molecule has 1 unspecified atom stereocenters. The maximum Gasteiger partial charge on any atom is 0.407 e. The van der Waals surface area contributed by atoms with Crippen LogP contribution in [0.25, 0.3) is 0 Å². The van der Waals surface area contributed by atoms with E-state index < -0.39 is 16.1 Å². The van der Waals surface area contributed by atoms with E-state index in [1.165, 1.54) is 22.3 Å². The van der Waals surface area contributed by atoms with Gasteiger partial charge in [-0.3, -0.25) is 0 Å². The third-order valence-corrected chi connectivity index (χ3v) is 5.43. The Morgan fingerprint density at radius 2 is 2.30 bits per heavy atom. The zero-order valence-corrected chi connectivity index (χ0v) is 12.6. The van der Waals surface area contributed by atoms with Gasteiger partial charge in [0.15, 0.2) is 0 Å². The summed E-state index contributed by atoms with van der Waals surface area (Å²) in [7, 11) is -0.879. The van der Waals surface area contributed by atoms with Crippen LogP contribution in [0.1, 0.15) is 6.42 Å². The first-order chi connectivity index (χ1) is 9.36. The van der Waals surface area contributed by atoms with Gasteiger partial charge in [-0.1, -0.05) is 11.6 Å². The molecule has 1 aromatic heterocycles. The Bertz CT molecular complexity index is 615. The first kappa shape index (κ1) is 15.1. The molecule has 1 atom stereocenters. The highest BCUT2D eigenvalue weighted by atomic mass is 35.5. The molecule has 0 aliphatic carbocycles. The number of carbonyl (C=O) groups is 1. The highest BCUT2D eigenvalue weighted by Gasteiger charge is 2.36. The number of rotatable bonds is 3. The molecule has 2 heterocycles. The van der Waals surface area contributed by atoms with E-state index in [1.54, 1.807) is 7.05 Å². The van der Waals surface area contributed by atoms with Crippen LogP contribution in [-0.2, 0) is 21.8 Å². The van der Waals surface area contributed by atoms with Crippen LogP contribution >= 0.6 is 11.6 Å². The third-order valence-electron chi connectivity index (χ3n) is 3.08. The average molecular weight is 323 g/mol. The van der Waals surface area contributed by atoms with E-state index in [0.717, 1.165) is 0 Å². The molecule has 2 rings (SSSR count). The molecule has 1 aliphatic rings. The van der Waals surface area contributed by atoms with Gasteiger partial charge in [0.1, 0.15) is 5.15 Å². The molecule has 1 aromatic rings. The van der Waals surface area contributed by atoms with Crippen molar-refractivity contribution in [1.82, 2.24) is 19.2 Å². The van der Waals surface area contributed by atoms with Crippen molar-refractivity contribution < 1.29 is 17.9 Å². The Morgan fingerprint density at radius 1 is 1.60 bits per heavy atom. The number of imidazole rings is 1. The average Bonchev–Trinajstić information content (AvgIpc) is 2.98. The van der Waals surface area contributed by atoms with Crippen molar-refractivity contribution in [3.05, 3.63) is 11.5 Å². The standard InChI is InChI=1S/C10H15ClN4O4S/c1-14-6-12-9(8(14)11)20(17,18)15-4-3-7(5-15)13-10(16)19-2/h6-7H,3-5H2,1-2H3,(H,13,16). The number of alkyl carbamates (subject to hydrolysis) is 1. The van der Waals surface area contributed by atoms with Gasteiger partial charge in [-0.05, 0) is 6.42 Å². The number of hydrogen-bond acceptors (Lipinski definition) is 5. The number of amides is 1. The first-order valence-electron chi connectivity index (χ1n) is 5.87. The number of hydrogen-bond donors (Lipinski definition) is 1. The van der Waals surface area contributed by atoms with Gasteiger partial charge in [0.25, 0.3) is 10.0 Å². The van der Waals surface area contributed by atoms with E-state index >= 15 is 0 Å². The number of ether oxygens (including phenoxy) is 1. The van der Waals surface area contributed by atoms with E-state index in [2.05, 4.69) is 15.0 Å². The van der Waals surface area contributed by atoms with Crippen LogP contribution in [0.3, 0.4) is 0 Å². The fourth-order valence-corrected chi connectivity index (χ4v) is 3.87. The highest BCUT2D eigenvalue weighted by Crippen LogP contribution is 2.25. The van der Waals surface area contributed by atoms with E-state index in [9.17, 15) is 13.2 Å². The molecule has 20 heavy (non-hydrogen) atoms. The summed E-state index contributed by atoms with van der Waals surface area (Å²) in [6.07, 6.45) is 1.28. The van der Waals surface area contributed by atoms with Gasteiger partial charge < -0.3 is 14.6 Å². The summed E-state index contributed by atoms with van der Waals surface area (Å²) < 4.78 is 31.9. The lowest BCUT2D eigenvalue weighted by Gasteiger charge is -2.15. The quantitative estimate of drug-likeness (QED) is 0.857. The van der Waals surface area contributed by atoms with Crippen molar-refractivity contribution in [1.29, 1.82) is 0 Å². The number of nitrogens with zero attached hydrogens (tertiary/aromatic N) is 3. The Kier molecular flexibility index (Phi) is 4.21. The summed E-state index contributed by atoms with van der Waals surface area (Å²) in [6, 6.07) is -0.278. The van der Waals surface area contributed by atoms with Gasteiger partial charge in [0.05, 0.1) is 13.4 Å². The molecule has 0 aromatic carbocycles. The van der Waals surface area contributed by atoms with Gasteiger partial charge in [-0.15, -0.1) is 0 Å². The molecule has 0 saturated carbocycles. The normalized spacial score (nSPS) is 20.1. The number of nitrogens with one attached hydrogen (secondary N) is 1. The second-order valence-corrected chi connectivity index (χ2v) is 6.65. The van der Waals surface area contributed by atoms with E-state index in [-0.39, 0.29) is 22.8 Å². The van der Waals surface area contributed by atoms with Gasteiger partial charge in [-0.25, -0.2) is 18.2 Å². The summed E-state index contributed by atoms with van der Waals surface area (Å²) in [5, 5.41) is 2.47. The van der Waals surface area contributed by atoms with Crippen LogP contribution in [0.5, 0.6) is 0 Å². The van der Waals surface area contributed by atoms with Crippen molar-refractivity contribution in [3.63, 3.8) is 0 Å². The number of sulfonamides is 1. The fourth-order valence-electron chi connectivity index (χ4n) is 1.98. The van der Waals surface area contributed by atoms with Crippen molar-refractivity contribution in [2.75, 3.05) is 20.2 Å². The molecule has 0 radical (unpaired) electrons. The summed E-state index contributed by atoms with van der Waals surface area (Å²) >= 11 is 5.92. The number of aromatic nitrogens is 2. The Labute approximate surface area is 121 Å². The van der Waals surface area contributed by atoms with Crippen LogP contribution in [0, 0.1) is 0 Å². The van der Waals surface area contributed by atoms with Crippen LogP contribution in [-0.4, -0.2) is 54.6 Å². The predicted octanol–water partition coefficient (Wildman–Crippen LogP) is 0.193. The second kappa shape index (κ2) is 5.58. The van der Waals surface area contributed by atoms with E-state index in [1.807, 2.05) is 0 Å². The molecule has 1 amide bonds. The summed E-state index contributed by atoms with van der Waals surface area (Å²) in [5.74, 6) is 0. The molecule has 112 valence electrons. The maximum absolute atomic E-state index is 12.4. The molecule has 1 aliphatic heterocycles. The van der Waals surface area contributed by atoms with Gasteiger partial charge in [-0.2, -0.15) is 4.31 Å². The molecule has 0 bridgehead atoms. The maximum atomic E-state index is 12.4. The van der Waals surface area contributed by atoms with E-state index in [0.29, 0.717) is 13.0 Å². The van der Waals surface area contributed by atoms with Crippen molar-refractivity contribution in [3.8, 4) is 0 Å². The van der Waals surface area contributed by atoms with Crippen molar-refractivity contribution in [2.45, 2.75) is 17.5 Å². The lowest BCUT2D eigenvalue weighted by atomic mass is 10.3. The zero-order valence-electron chi connectivity index (χ0n) is 11.0. The van der Waals surface area contributed by atoms with Gasteiger partial charge in [0.2, 0.25) is 5.03 Å². The molecule has 1 N–H and O–H groups in total. The summed E-state index contributed by atoms with van der Waals surface area (Å²) in [4.78, 5) is 14.9. The smallest absolute Gasteiger partial charge is 0.407 e. The van der Waals surface area contributed by atoms with Crippen molar-refractivity contribution in [2.24, 2.45) is 7.05 Å². The molecule has 8 nitrogen and oxygen atoms in total. The van der Waals surface area contributed by atoms with Crippen LogP contribution in [0.15, 0.2) is 11.4 Å². The molecular formula is C10H15ClN4O4S. The van der Waals surface area contributed by atoms with Gasteiger partial charge >= 0.3 is 6.09 Å².